The summed E-state index contributed by atoms with van der Waals surface area (Å²) < 4.78 is 13.3. The first-order chi connectivity index (χ1) is 7.02. The van der Waals surface area contributed by atoms with E-state index in [1.807, 2.05) is 0 Å². The van der Waals surface area contributed by atoms with Gasteiger partial charge in [0.1, 0.15) is 5.82 Å². The molecule has 2 nitrogen and oxygen atoms in total. The molecule has 0 aliphatic rings. The number of carbonyl (C=O) groups is 1. The summed E-state index contributed by atoms with van der Waals surface area (Å²) in [5.74, 6) is -0.422. The number of amides is 1. The fraction of sp³-hybridized carbons (Fsp3) is 0.300. The first-order valence-electron chi connectivity index (χ1n) is 4.36. The molecular formula is C10H11ClFNOS. The van der Waals surface area contributed by atoms with E-state index in [0.717, 1.165) is 0 Å². The lowest BCUT2D eigenvalue weighted by Gasteiger charge is -2.08. The summed E-state index contributed by atoms with van der Waals surface area (Å²) in [4.78, 5) is 10.8. The highest BCUT2D eigenvalue weighted by Crippen LogP contribution is 2.25. The molecular weight excluding hydrogens is 237 g/mol. The molecule has 0 saturated carbocycles. The third-order valence-corrected chi connectivity index (χ3v) is 3.48. The zero-order valence-corrected chi connectivity index (χ0v) is 9.74. The van der Waals surface area contributed by atoms with Gasteiger partial charge in [-0.3, -0.25) is 4.79 Å². The second kappa shape index (κ2) is 5.37. The Labute approximate surface area is 97.0 Å². The zero-order valence-electron chi connectivity index (χ0n) is 8.17. The number of benzene rings is 1. The molecule has 1 aromatic carbocycles. The van der Waals surface area contributed by atoms with Crippen LogP contribution in [0.4, 0.5) is 4.39 Å². The van der Waals surface area contributed by atoms with Crippen LogP contribution in [0.15, 0.2) is 18.2 Å². The van der Waals surface area contributed by atoms with Crippen molar-refractivity contribution in [2.45, 2.75) is 17.9 Å². The topological polar surface area (TPSA) is 43.1 Å². The molecule has 0 heterocycles. The number of hydrogen-bond donors (Lipinski definition) is 1. The van der Waals surface area contributed by atoms with Gasteiger partial charge in [-0.05, 0) is 19.1 Å². The van der Waals surface area contributed by atoms with Crippen LogP contribution in [0.3, 0.4) is 0 Å². The van der Waals surface area contributed by atoms with Crippen molar-refractivity contribution in [2.75, 3.05) is 0 Å². The van der Waals surface area contributed by atoms with E-state index in [2.05, 4.69) is 0 Å². The zero-order chi connectivity index (χ0) is 11.4. The maximum absolute atomic E-state index is 13.3. The maximum atomic E-state index is 13.3. The molecule has 1 unspecified atom stereocenters. The van der Waals surface area contributed by atoms with Crippen molar-refractivity contribution < 1.29 is 9.18 Å². The van der Waals surface area contributed by atoms with Crippen molar-refractivity contribution in [3.8, 4) is 0 Å². The smallest absolute Gasteiger partial charge is 0.230 e. The highest BCUT2D eigenvalue weighted by atomic mass is 35.5. The number of nitrogens with two attached hydrogens (primary N) is 1. The predicted octanol–water partition coefficient (Wildman–Crippen LogP) is 2.59. The highest BCUT2D eigenvalue weighted by molar-refractivity contribution is 7.99. The number of carbonyl (C=O) groups excluding carboxylic acids is 1. The van der Waals surface area contributed by atoms with Crippen molar-refractivity contribution in [1.29, 1.82) is 0 Å². The lowest BCUT2D eigenvalue weighted by Crippen LogP contribution is -2.22. The molecule has 1 aromatic rings. The fourth-order valence-corrected chi connectivity index (χ4v) is 2.14. The Morgan fingerprint density at radius 3 is 2.87 bits per heavy atom. The Bertz CT molecular complexity index is 352. The van der Waals surface area contributed by atoms with Gasteiger partial charge in [-0.25, -0.2) is 4.39 Å². The summed E-state index contributed by atoms with van der Waals surface area (Å²) in [7, 11) is 0. The average molecular weight is 248 g/mol. The lowest BCUT2D eigenvalue weighted by molar-refractivity contribution is -0.117. The Morgan fingerprint density at radius 1 is 1.67 bits per heavy atom. The molecule has 15 heavy (non-hydrogen) atoms. The van der Waals surface area contributed by atoms with Crippen molar-refractivity contribution in [3.05, 3.63) is 34.6 Å². The van der Waals surface area contributed by atoms with Gasteiger partial charge in [0.15, 0.2) is 0 Å². The van der Waals surface area contributed by atoms with E-state index in [-0.39, 0.29) is 11.1 Å². The molecule has 1 rings (SSSR count). The Balaban J connectivity index is 2.69. The first kappa shape index (κ1) is 12.3. The normalized spacial score (nSPS) is 12.5. The van der Waals surface area contributed by atoms with E-state index < -0.39 is 5.91 Å². The van der Waals surface area contributed by atoms with E-state index in [1.54, 1.807) is 19.1 Å². The molecule has 0 saturated heterocycles. The summed E-state index contributed by atoms with van der Waals surface area (Å²) in [5.41, 5.74) is 5.50. The van der Waals surface area contributed by atoms with Crippen LogP contribution >= 0.6 is 23.4 Å². The minimum Gasteiger partial charge on any atom is -0.369 e. The molecule has 0 spiro atoms. The lowest BCUT2D eigenvalue weighted by atomic mass is 10.2. The van der Waals surface area contributed by atoms with Crippen LogP contribution in [-0.2, 0) is 10.5 Å². The molecule has 5 heteroatoms. The second-order valence-corrected chi connectivity index (χ2v) is 4.79. The van der Waals surface area contributed by atoms with Gasteiger partial charge >= 0.3 is 0 Å². The van der Waals surface area contributed by atoms with Crippen LogP contribution in [-0.4, -0.2) is 11.2 Å². The van der Waals surface area contributed by atoms with Crippen LogP contribution < -0.4 is 5.73 Å². The minimum atomic E-state index is -0.410. The summed E-state index contributed by atoms with van der Waals surface area (Å²) in [6, 6.07) is 4.51. The standard InChI is InChI=1S/C10H11ClFNOS/c1-6(10(13)14)15-5-7-8(11)3-2-4-9(7)12/h2-4,6H,5H2,1H3,(H2,13,14). The Kier molecular flexibility index (Phi) is 4.42. The number of hydrogen-bond acceptors (Lipinski definition) is 2. The number of primary amides is 1. The molecule has 0 aromatic heterocycles. The third-order valence-electron chi connectivity index (χ3n) is 1.94. The van der Waals surface area contributed by atoms with Crippen molar-refractivity contribution in [2.24, 2.45) is 5.73 Å². The van der Waals surface area contributed by atoms with E-state index in [9.17, 15) is 9.18 Å². The summed E-state index contributed by atoms with van der Waals surface area (Å²) >= 11 is 7.09. The van der Waals surface area contributed by atoms with Gasteiger partial charge in [-0.2, -0.15) is 0 Å². The van der Waals surface area contributed by atoms with Crippen molar-refractivity contribution in [3.63, 3.8) is 0 Å². The van der Waals surface area contributed by atoms with Gasteiger partial charge in [0.05, 0.1) is 5.25 Å². The SMILES string of the molecule is CC(SCc1c(F)cccc1Cl)C(N)=O. The van der Waals surface area contributed by atoms with Gasteiger partial charge < -0.3 is 5.73 Å². The molecule has 1 amide bonds. The van der Waals surface area contributed by atoms with Crippen molar-refractivity contribution in [1.82, 2.24) is 0 Å². The second-order valence-electron chi connectivity index (χ2n) is 3.06. The van der Waals surface area contributed by atoms with Gasteiger partial charge in [0, 0.05) is 16.3 Å². The van der Waals surface area contributed by atoms with Gasteiger partial charge in [0.2, 0.25) is 5.91 Å². The van der Waals surface area contributed by atoms with Crippen LogP contribution in [0, 0.1) is 5.82 Å². The molecule has 0 fully saturated rings. The van der Waals surface area contributed by atoms with Crippen LogP contribution in [0.1, 0.15) is 12.5 Å². The number of halogens is 2. The third kappa shape index (κ3) is 3.39. The molecule has 0 aliphatic heterocycles. The number of thioether (sulfide) groups is 1. The Morgan fingerprint density at radius 2 is 2.33 bits per heavy atom. The maximum Gasteiger partial charge on any atom is 0.230 e. The highest BCUT2D eigenvalue weighted by Gasteiger charge is 2.12. The van der Waals surface area contributed by atoms with E-state index in [1.165, 1.54) is 17.8 Å². The van der Waals surface area contributed by atoms with E-state index >= 15 is 0 Å². The quantitative estimate of drug-likeness (QED) is 0.889. The fourth-order valence-electron chi connectivity index (χ4n) is 0.961. The van der Waals surface area contributed by atoms with Gasteiger partial charge in [-0.1, -0.05) is 17.7 Å². The molecule has 0 radical (unpaired) electrons. The summed E-state index contributed by atoms with van der Waals surface area (Å²) in [6.45, 7) is 1.68. The molecule has 0 bridgehead atoms. The summed E-state index contributed by atoms with van der Waals surface area (Å²) in [5, 5.41) is 0.0276. The summed E-state index contributed by atoms with van der Waals surface area (Å²) in [6.07, 6.45) is 0. The van der Waals surface area contributed by atoms with Crippen LogP contribution in [0.5, 0.6) is 0 Å². The molecule has 82 valence electrons. The minimum absolute atomic E-state index is 0.343. The predicted molar refractivity (Wildman–Crippen MR) is 61.4 cm³/mol. The number of rotatable bonds is 4. The molecule has 1 atom stereocenters. The molecule has 2 N–H and O–H groups in total. The first-order valence-corrected chi connectivity index (χ1v) is 5.79. The largest absolute Gasteiger partial charge is 0.369 e. The van der Waals surface area contributed by atoms with Crippen LogP contribution in [0.2, 0.25) is 5.02 Å². The van der Waals surface area contributed by atoms with Gasteiger partial charge in [0.25, 0.3) is 0 Å². The average Bonchev–Trinajstić information content (AvgIpc) is 2.16. The van der Waals surface area contributed by atoms with Gasteiger partial charge in [-0.15, -0.1) is 11.8 Å². The van der Waals surface area contributed by atoms with Crippen LogP contribution in [0.25, 0.3) is 0 Å². The van der Waals surface area contributed by atoms with E-state index in [0.29, 0.717) is 16.3 Å². The Hall–Kier alpha value is -0.740. The van der Waals surface area contributed by atoms with Crippen molar-refractivity contribution >= 4 is 29.3 Å². The van der Waals surface area contributed by atoms with E-state index in [4.69, 9.17) is 17.3 Å². The molecule has 0 aliphatic carbocycles. The monoisotopic (exact) mass is 247 g/mol.